The third-order valence-corrected chi connectivity index (χ3v) is 5.63. The molecule has 2 amide bonds. The van der Waals surface area contributed by atoms with E-state index < -0.39 is 30.1 Å². The second-order valence-corrected chi connectivity index (χ2v) is 7.39. The quantitative estimate of drug-likeness (QED) is 0.731. The zero-order valence-electron chi connectivity index (χ0n) is 17.3. The highest BCUT2D eigenvalue weighted by Gasteiger charge is 2.31. The number of likely N-dealkylation sites (N-methyl/N-ethyl adjacent to an activating group) is 1. The number of fused-ring (bicyclic) bond motifs is 3. The number of carboxylic acid groups (broad SMARTS) is 1. The molecule has 0 saturated heterocycles. The molecular formula is C23H26N2O5. The number of carbonyl (C=O) groups excluding carboxylic acids is 2. The van der Waals surface area contributed by atoms with Crippen LogP contribution in [0, 0.1) is 0 Å². The summed E-state index contributed by atoms with van der Waals surface area (Å²) in [5, 5.41) is 11.7. The van der Waals surface area contributed by atoms with Gasteiger partial charge in [0.25, 0.3) is 0 Å². The predicted molar refractivity (Wildman–Crippen MR) is 112 cm³/mol. The number of rotatable bonds is 7. The molecule has 0 heterocycles. The van der Waals surface area contributed by atoms with Crippen LogP contribution in [0.15, 0.2) is 48.5 Å². The zero-order chi connectivity index (χ0) is 21.8. The molecule has 7 heteroatoms. The third-order valence-electron chi connectivity index (χ3n) is 5.63. The Morgan fingerprint density at radius 1 is 1.07 bits per heavy atom. The summed E-state index contributed by atoms with van der Waals surface area (Å²) in [5.41, 5.74) is 4.47. The van der Waals surface area contributed by atoms with E-state index in [2.05, 4.69) is 17.4 Å². The Bertz CT molecular complexity index is 913. The first kappa shape index (κ1) is 21.4. The van der Waals surface area contributed by atoms with Crippen LogP contribution in [0.3, 0.4) is 0 Å². The van der Waals surface area contributed by atoms with Crippen LogP contribution in [0.5, 0.6) is 0 Å². The molecule has 0 aromatic heterocycles. The summed E-state index contributed by atoms with van der Waals surface area (Å²) in [6.45, 7) is 3.30. The number of nitrogens with one attached hydrogen (secondary N) is 1. The molecule has 0 radical (unpaired) electrons. The summed E-state index contributed by atoms with van der Waals surface area (Å²) in [6, 6.07) is 14.2. The van der Waals surface area contributed by atoms with E-state index in [4.69, 9.17) is 9.84 Å². The van der Waals surface area contributed by atoms with E-state index in [1.54, 1.807) is 6.92 Å². The highest BCUT2D eigenvalue weighted by molar-refractivity contribution is 5.89. The van der Waals surface area contributed by atoms with Crippen molar-refractivity contribution in [1.29, 1.82) is 0 Å². The van der Waals surface area contributed by atoms with Gasteiger partial charge in [0.05, 0.1) is 0 Å². The van der Waals surface area contributed by atoms with Crippen LogP contribution in [0.1, 0.15) is 37.3 Å². The van der Waals surface area contributed by atoms with Crippen LogP contribution in [-0.2, 0) is 14.3 Å². The van der Waals surface area contributed by atoms with Gasteiger partial charge in [0, 0.05) is 13.0 Å². The number of amides is 2. The fourth-order valence-electron chi connectivity index (χ4n) is 3.72. The summed E-state index contributed by atoms with van der Waals surface area (Å²) >= 11 is 0. The first-order valence-electron chi connectivity index (χ1n) is 9.96. The van der Waals surface area contributed by atoms with Gasteiger partial charge in [0.1, 0.15) is 18.7 Å². The normalized spacial score (nSPS) is 14.2. The van der Waals surface area contributed by atoms with Crippen LogP contribution in [0.4, 0.5) is 4.79 Å². The molecule has 1 unspecified atom stereocenters. The molecule has 0 spiro atoms. The summed E-state index contributed by atoms with van der Waals surface area (Å²) in [4.78, 5) is 37.2. The second kappa shape index (κ2) is 8.98. The predicted octanol–water partition coefficient (Wildman–Crippen LogP) is 3.24. The number of hydrogen-bond acceptors (Lipinski definition) is 4. The third kappa shape index (κ3) is 4.15. The Morgan fingerprint density at radius 2 is 1.60 bits per heavy atom. The van der Waals surface area contributed by atoms with Gasteiger partial charge < -0.3 is 20.1 Å². The summed E-state index contributed by atoms with van der Waals surface area (Å²) in [7, 11) is 1.41. The van der Waals surface area contributed by atoms with Crippen molar-refractivity contribution < 1.29 is 24.2 Å². The number of carbonyl (C=O) groups is 3. The van der Waals surface area contributed by atoms with Crippen molar-refractivity contribution >= 4 is 18.0 Å². The lowest BCUT2D eigenvalue weighted by atomic mass is 9.98. The molecule has 2 aromatic carbocycles. The molecule has 0 fully saturated rings. The maximum atomic E-state index is 12.5. The Morgan fingerprint density at radius 3 is 2.10 bits per heavy atom. The van der Waals surface area contributed by atoms with Gasteiger partial charge in [-0.3, -0.25) is 4.79 Å². The first-order chi connectivity index (χ1) is 14.3. The average molecular weight is 410 g/mol. The molecule has 7 nitrogen and oxygen atoms in total. The largest absolute Gasteiger partial charge is 0.480 e. The van der Waals surface area contributed by atoms with Gasteiger partial charge in [-0.25, -0.2) is 9.59 Å². The number of aliphatic carboxylic acids is 1. The molecule has 1 aliphatic rings. The van der Waals surface area contributed by atoms with Crippen LogP contribution in [0.2, 0.25) is 0 Å². The number of ether oxygens (including phenoxy) is 1. The van der Waals surface area contributed by atoms with E-state index in [9.17, 15) is 14.4 Å². The van der Waals surface area contributed by atoms with E-state index in [-0.39, 0.29) is 12.5 Å². The van der Waals surface area contributed by atoms with Gasteiger partial charge in [0.15, 0.2) is 0 Å². The minimum absolute atomic E-state index is 0.0753. The smallest absolute Gasteiger partial charge is 0.407 e. The Hall–Kier alpha value is -3.35. The van der Waals surface area contributed by atoms with Crippen LogP contribution in [0.25, 0.3) is 11.1 Å². The lowest BCUT2D eigenvalue weighted by molar-refractivity contribution is -0.149. The first-order valence-corrected chi connectivity index (χ1v) is 9.96. The second-order valence-electron chi connectivity index (χ2n) is 7.39. The van der Waals surface area contributed by atoms with E-state index in [1.165, 1.54) is 14.0 Å². The van der Waals surface area contributed by atoms with Crippen LogP contribution >= 0.6 is 0 Å². The molecule has 0 saturated carbocycles. The van der Waals surface area contributed by atoms with E-state index >= 15 is 0 Å². The Balaban J connectivity index is 1.66. The molecule has 0 bridgehead atoms. The molecule has 3 rings (SSSR count). The van der Waals surface area contributed by atoms with Crippen LogP contribution < -0.4 is 5.32 Å². The minimum Gasteiger partial charge on any atom is -0.480 e. The number of carboxylic acids is 1. The van der Waals surface area contributed by atoms with Crippen molar-refractivity contribution in [2.45, 2.75) is 38.3 Å². The van der Waals surface area contributed by atoms with E-state index in [1.807, 2.05) is 36.4 Å². The standard InChI is InChI=1S/C23H26N2O5/c1-4-20(21(26)25(3)14(2)22(27)28)24-23(29)30-13-19-17-11-7-5-9-15(17)16-10-6-8-12-18(16)19/h5-12,14,19-20H,4,13H2,1-3H3,(H,24,29)(H,27,28)/t14?,20-/m0/s1. The van der Waals surface area contributed by atoms with E-state index in [0.717, 1.165) is 27.2 Å². The molecule has 30 heavy (non-hydrogen) atoms. The van der Waals surface area contributed by atoms with Crippen molar-refractivity contribution in [1.82, 2.24) is 10.2 Å². The number of alkyl carbamates (subject to hydrolysis) is 1. The van der Waals surface area contributed by atoms with Crippen molar-refractivity contribution in [3.8, 4) is 11.1 Å². The average Bonchev–Trinajstić information content (AvgIpc) is 3.08. The fraction of sp³-hybridized carbons (Fsp3) is 0.348. The Labute approximate surface area is 175 Å². The SMILES string of the molecule is CC[C@H](NC(=O)OCC1c2ccccc2-c2ccccc21)C(=O)N(C)C(C)C(=O)O. The molecule has 1 aliphatic carbocycles. The minimum atomic E-state index is -1.11. The molecule has 2 atom stereocenters. The van der Waals surface area contributed by atoms with Gasteiger partial charge in [-0.05, 0) is 35.6 Å². The lowest BCUT2D eigenvalue weighted by Crippen LogP contribution is -2.51. The molecule has 158 valence electrons. The van der Waals surface area contributed by atoms with E-state index in [0.29, 0.717) is 6.42 Å². The molecular weight excluding hydrogens is 384 g/mol. The van der Waals surface area contributed by atoms with Gasteiger partial charge in [-0.2, -0.15) is 0 Å². The zero-order valence-corrected chi connectivity index (χ0v) is 17.3. The summed E-state index contributed by atoms with van der Waals surface area (Å²) in [5.74, 6) is -1.66. The maximum absolute atomic E-state index is 12.5. The maximum Gasteiger partial charge on any atom is 0.407 e. The summed E-state index contributed by atoms with van der Waals surface area (Å²) in [6.07, 6.45) is -0.381. The van der Waals surface area contributed by atoms with Crippen molar-refractivity contribution in [3.63, 3.8) is 0 Å². The van der Waals surface area contributed by atoms with Gasteiger partial charge in [-0.15, -0.1) is 0 Å². The lowest BCUT2D eigenvalue weighted by Gasteiger charge is -2.26. The van der Waals surface area contributed by atoms with Gasteiger partial charge >= 0.3 is 12.1 Å². The molecule has 2 aromatic rings. The van der Waals surface area contributed by atoms with Crippen LogP contribution in [-0.4, -0.2) is 53.7 Å². The summed E-state index contributed by atoms with van der Waals surface area (Å²) < 4.78 is 5.47. The highest BCUT2D eigenvalue weighted by atomic mass is 16.5. The highest BCUT2D eigenvalue weighted by Crippen LogP contribution is 2.44. The number of benzene rings is 2. The van der Waals surface area contributed by atoms with Crippen molar-refractivity contribution in [2.75, 3.05) is 13.7 Å². The topological polar surface area (TPSA) is 95.9 Å². The molecule has 0 aliphatic heterocycles. The van der Waals surface area contributed by atoms with Gasteiger partial charge in [0.2, 0.25) is 5.91 Å². The number of nitrogens with zero attached hydrogens (tertiary/aromatic N) is 1. The van der Waals surface area contributed by atoms with Crippen molar-refractivity contribution in [2.24, 2.45) is 0 Å². The monoisotopic (exact) mass is 410 g/mol. The van der Waals surface area contributed by atoms with Gasteiger partial charge in [-0.1, -0.05) is 55.5 Å². The Kier molecular flexibility index (Phi) is 6.40. The number of hydrogen-bond donors (Lipinski definition) is 2. The molecule has 2 N–H and O–H groups in total. The fourth-order valence-corrected chi connectivity index (χ4v) is 3.72. The van der Waals surface area contributed by atoms with Crippen molar-refractivity contribution in [3.05, 3.63) is 59.7 Å².